The summed E-state index contributed by atoms with van der Waals surface area (Å²) in [5.41, 5.74) is 5.41. The highest BCUT2D eigenvalue weighted by Crippen LogP contribution is 2.59. The fraction of sp³-hybridized carbons (Fsp3) is 0.788. The summed E-state index contributed by atoms with van der Waals surface area (Å²) < 4.78 is 12.5. The molecule has 3 rings (SSSR count). The lowest BCUT2D eigenvalue weighted by Gasteiger charge is -2.46. The minimum Gasteiger partial charge on any atom is -0.466 e. The van der Waals surface area contributed by atoms with E-state index in [-0.39, 0.29) is 17.5 Å². The summed E-state index contributed by atoms with van der Waals surface area (Å²) in [7, 11) is -2.03. The fourth-order valence-electron chi connectivity index (χ4n) is 8.81. The number of carbonyl (C=O) groups is 1. The van der Waals surface area contributed by atoms with E-state index in [9.17, 15) is 9.90 Å². The second-order valence-corrected chi connectivity index (χ2v) is 19.3. The molecule has 0 heterocycles. The van der Waals surface area contributed by atoms with E-state index in [1.165, 1.54) is 32.6 Å². The van der Waals surface area contributed by atoms with Crippen LogP contribution in [0.25, 0.3) is 0 Å². The van der Waals surface area contributed by atoms with Crippen molar-refractivity contribution in [2.75, 3.05) is 6.61 Å². The van der Waals surface area contributed by atoms with Crippen LogP contribution in [0.2, 0.25) is 16.6 Å². The van der Waals surface area contributed by atoms with Crippen LogP contribution in [0.5, 0.6) is 0 Å². The first-order valence-electron chi connectivity index (χ1n) is 15.3. The lowest BCUT2D eigenvalue weighted by Crippen LogP contribution is -2.51. The van der Waals surface area contributed by atoms with Crippen LogP contribution in [-0.2, 0) is 14.0 Å². The Morgan fingerprint density at radius 2 is 1.74 bits per heavy atom. The predicted molar refractivity (Wildman–Crippen MR) is 160 cm³/mol. The lowest BCUT2D eigenvalue weighted by atomic mass is 9.61. The van der Waals surface area contributed by atoms with Crippen LogP contribution < -0.4 is 0 Å². The molecule has 3 fully saturated rings. The Kier molecular flexibility index (Phi) is 10.4. The number of carbonyl (C=O) groups excluding carboxylic acids is 1. The molecule has 4 nitrogen and oxygen atoms in total. The first-order valence-corrected chi connectivity index (χ1v) is 17.5. The molecule has 0 aromatic heterocycles. The monoisotopic (exact) mass is 544 g/mol. The zero-order valence-corrected chi connectivity index (χ0v) is 26.8. The molecule has 3 aliphatic carbocycles. The van der Waals surface area contributed by atoms with Gasteiger partial charge in [0, 0.05) is 13.3 Å². The van der Waals surface area contributed by atoms with Crippen LogP contribution in [0.4, 0.5) is 0 Å². The Morgan fingerprint density at radius 1 is 1.11 bits per heavy atom. The predicted octanol–water partition coefficient (Wildman–Crippen LogP) is 8.53. The van der Waals surface area contributed by atoms with Crippen molar-refractivity contribution >= 4 is 14.3 Å². The van der Waals surface area contributed by atoms with Gasteiger partial charge in [-0.05, 0) is 89.5 Å². The van der Waals surface area contributed by atoms with Crippen molar-refractivity contribution in [3.05, 3.63) is 35.5 Å². The number of ether oxygens (including phenoxy) is 1. The van der Waals surface area contributed by atoms with Gasteiger partial charge in [-0.25, -0.2) is 0 Å². The molecule has 0 bridgehead atoms. The summed E-state index contributed by atoms with van der Waals surface area (Å²) in [6.07, 6.45) is 11.6. The summed E-state index contributed by atoms with van der Waals surface area (Å²) in [5.74, 6) is 1.35. The van der Waals surface area contributed by atoms with Crippen LogP contribution in [0.3, 0.4) is 0 Å². The van der Waals surface area contributed by atoms with Crippen LogP contribution in [0, 0.1) is 23.2 Å². The summed E-state index contributed by atoms with van der Waals surface area (Å²) in [6, 6.07) is 0. The number of hydrogen-bond donors (Lipinski definition) is 1. The van der Waals surface area contributed by atoms with E-state index in [1.54, 1.807) is 5.57 Å². The molecule has 0 spiro atoms. The molecule has 38 heavy (non-hydrogen) atoms. The highest BCUT2D eigenvalue weighted by Gasteiger charge is 2.51. The van der Waals surface area contributed by atoms with Crippen LogP contribution >= 0.6 is 0 Å². The topological polar surface area (TPSA) is 55.8 Å². The average molecular weight is 545 g/mol. The van der Waals surface area contributed by atoms with E-state index in [1.807, 2.05) is 0 Å². The maximum Gasteiger partial charge on any atom is 0.302 e. The van der Waals surface area contributed by atoms with Gasteiger partial charge in [0.15, 0.2) is 0 Å². The van der Waals surface area contributed by atoms with Crippen molar-refractivity contribution in [1.29, 1.82) is 0 Å². The number of allylic oxidation sites excluding steroid dienone is 3. The van der Waals surface area contributed by atoms with Gasteiger partial charge in [-0.1, -0.05) is 79.7 Å². The van der Waals surface area contributed by atoms with Crippen molar-refractivity contribution in [2.24, 2.45) is 23.2 Å². The average Bonchev–Trinajstić information content (AvgIpc) is 3.19. The molecule has 0 saturated heterocycles. The molecule has 6 atom stereocenters. The Labute approximate surface area is 234 Å². The smallest absolute Gasteiger partial charge is 0.302 e. The van der Waals surface area contributed by atoms with Gasteiger partial charge in [-0.3, -0.25) is 4.79 Å². The molecule has 0 unspecified atom stereocenters. The SMILES string of the molecule is C=C1/C(=C/C=C2CCC[C@]3(C)[C@@H]([C@H](C)COC(C)=O)CC[C@@H]23)C[C@@H](O[Si](C(C)C)(C(C)C)C(C)C)C[C@@H]1O. The summed E-state index contributed by atoms with van der Waals surface area (Å²) in [4.78, 5) is 11.4. The Bertz CT molecular complexity index is 894. The van der Waals surface area contributed by atoms with E-state index in [4.69, 9.17) is 9.16 Å². The molecule has 0 aliphatic heterocycles. The zero-order valence-electron chi connectivity index (χ0n) is 25.8. The third-order valence-corrected chi connectivity index (χ3v) is 16.8. The lowest BCUT2D eigenvalue weighted by molar-refractivity contribution is -0.143. The van der Waals surface area contributed by atoms with Gasteiger partial charge in [0.1, 0.15) is 0 Å². The minimum absolute atomic E-state index is 0.0497. The molecular formula is C33H56O4Si. The fourth-order valence-corrected chi connectivity index (χ4v) is 14.4. The molecule has 0 aromatic rings. The third-order valence-electron chi connectivity index (χ3n) is 10.6. The number of aliphatic hydroxyl groups is 1. The zero-order chi connectivity index (χ0) is 28.4. The van der Waals surface area contributed by atoms with Crippen molar-refractivity contribution in [3.8, 4) is 0 Å². The molecule has 0 radical (unpaired) electrons. The maximum atomic E-state index is 11.4. The number of esters is 1. The summed E-state index contributed by atoms with van der Waals surface area (Å²) in [5, 5.41) is 11.0. The Morgan fingerprint density at radius 3 is 2.32 bits per heavy atom. The normalized spacial score (nSPS) is 33.4. The number of fused-ring (bicyclic) bond motifs is 1. The number of rotatable bonds is 9. The van der Waals surface area contributed by atoms with Crippen LogP contribution in [0.1, 0.15) is 107 Å². The molecule has 0 amide bonds. The van der Waals surface area contributed by atoms with E-state index in [2.05, 4.69) is 74.1 Å². The molecule has 216 valence electrons. The Hall–Kier alpha value is -1.17. The molecule has 3 saturated carbocycles. The minimum atomic E-state index is -2.03. The van der Waals surface area contributed by atoms with Gasteiger partial charge in [0.25, 0.3) is 0 Å². The van der Waals surface area contributed by atoms with Crippen LogP contribution in [-0.4, -0.2) is 38.2 Å². The molecular weight excluding hydrogens is 488 g/mol. The second kappa shape index (κ2) is 12.6. The second-order valence-electron chi connectivity index (χ2n) is 13.8. The summed E-state index contributed by atoms with van der Waals surface area (Å²) >= 11 is 0. The summed E-state index contributed by atoms with van der Waals surface area (Å²) in [6.45, 7) is 25.0. The van der Waals surface area contributed by atoms with Crippen molar-refractivity contribution in [2.45, 2.75) is 136 Å². The standard InChI is InChI=1S/C33H56O4Si/c1-21(2)38(22(3)4,23(5)6)37-29-18-28(25(8)32(35)19-29)14-13-27-12-11-17-33(10)30(15-16-31(27)33)24(7)20-36-26(9)34/h13-14,21-24,29-32,35H,8,11-12,15-20H2,1-7,9-10H3/b27-13?,28-14+/t24-,29-,30-,31+,32+,33-/m1/s1. The third kappa shape index (κ3) is 6.25. The quantitative estimate of drug-likeness (QED) is 0.233. The van der Waals surface area contributed by atoms with E-state index >= 15 is 0 Å². The van der Waals surface area contributed by atoms with Gasteiger partial charge in [0.2, 0.25) is 8.32 Å². The molecule has 0 aromatic carbocycles. The van der Waals surface area contributed by atoms with Gasteiger partial charge >= 0.3 is 5.97 Å². The number of hydrogen-bond acceptors (Lipinski definition) is 4. The van der Waals surface area contributed by atoms with Crippen molar-refractivity contribution in [1.82, 2.24) is 0 Å². The number of aliphatic hydroxyl groups excluding tert-OH is 1. The molecule has 5 heteroatoms. The van der Waals surface area contributed by atoms with Gasteiger partial charge < -0.3 is 14.3 Å². The largest absolute Gasteiger partial charge is 0.466 e. The van der Waals surface area contributed by atoms with Crippen LogP contribution in [0.15, 0.2) is 35.5 Å². The van der Waals surface area contributed by atoms with Gasteiger partial charge in [-0.15, -0.1) is 0 Å². The highest BCUT2D eigenvalue weighted by molar-refractivity contribution is 6.77. The Balaban J connectivity index is 1.81. The van der Waals surface area contributed by atoms with Crippen molar-refractivity contribution in [3.63, 3.8) is 0 Å². The van der Waals surface area contributed by atoms with E-state index in [0.717, 1.165) is 24.0 Å². The molecule has 3 aliphatic rings. The van der Waals surface area contributed by atoms with E-state index < -0.39 is 14.4 Å². The van der Waals surface area contributed by atoms with Crippen molar-refractivity contribution < 1.29 is 19.1 Å². The highest BCUT2D eigenvalue weighted by atomic mass is 28.4. The van der Waals surface area contributed by atoms with Gasteiger partial charge in [0.05, 0.1) is 18.8 Å². The van der Waals surface area contributed by atoms with Gasteiger partial charge in [-0.2, -0.15) is 0 Å². The molecule has 1 N–H and O–H groups in total. The first kappa shape index (κ1) is 31.4. The maximum absolute atomic E-state index is 11.4. The van der Waals surface area contributed by atoms with E-state index in [0.29, 0.717) is 47.4 Å². The first-order chi connectivity index (χ1) is 17.7.